The van der Waals surface area contributed by atoms with Crippen molar-refractivity contribution in [2.45, 2.75) is 22.6 Å². The van der Waals surface area contributed by atoms with Gasteiger partial charge in [0.1, 0.15) is 0 Å². The fraction of sp³-hybridized carbons (Fsp3) is 0.133. The molecule has 8 nitrogen and oxygen atoms in total. The molecule has 0 aromatic heterocycles. The van der Waals surface area contributed by atoms with Crippen LogP contribution in [-0.2, 0) is 42.5 Å². The first kappa shape index (κ1) is 28.7. The average molecular weight is 577 g/mol. The van der Waals surface area contributed by atoms with Gasteiger partial charge in [-0.1, -0.05) is 97.1 Å². The summed E-state index contributed by atoms with van der Waals surface area (Å²) in [5.74, 6) is -4.29. The van der Waals surface area contributed by atoms with Crippen molar-refractivity contribution in [3.05, 3.63) is 132 Å². The van der Waals surface area contributed by atoms with Crippen LogP contribution in [0.1, 0.15) is 11.1 Å². The Morgan fingerprint density at radius 3 is 1.05 bits per heavy atom. The van der Waals surface area contributed by atoms with Gasteiger partial charge in [-0.2, -0.15) is 0 Å². The predicted octanol–water partition coefficient (Wildman–Crippen LogP) is 3.71. The first-order chi connectivity index (χ1) is 19.2. The number of carbonyl (C=O) groups excluding carboxylic acids is 2. The largest absolute Gasteiger partial charge is 0.274 e. The molecule has 0 heterocycles. The van der Waals surface area contributed by atoms with E-state index in [0.717, 1.165) is 0 Å². The van der Waals surface area contributed by atoms with E-state index in [1.807, 2.05) is 0 Å². The standard InChI is InChI=1S/C30H28N2O6S2/c33-29(31-39(35,36)25-17-9-3-10-18-25)27(21-23-13-5-1-6-14-23)28(22-24-15-7-2-8-16-24)30(34)32-40(37,38)26-19-11-4-12-20-26/h1-20,27-28H,21-22H2,(H,31,33)(H,32,34). The number of nitrogens with one attached hydrogen (secondary N) is 2. The van der Waals surface area contributed by atoms with Crippen molar-refractivity contribution in [3.8, 4) is 0 Å². The minimum Gasteiger partial charge on any atom is -0.274 e. The van der Waals surface area contributed by atoms with Crippen molar-refractivity contribution in [3.63, 3.8) is 0 Å². The first-order valence-corrected chi connectivity index (χ1v) is 15.4. The minimum atomic E-state index is -4.26. The van der Waals surface area contributed by atoms with Crippen molar-refractivity contribution < 1.29 is 26.4 Å². The Kier molecular flexibility index (Phi) is 9.13. The number of hydrogen-bond acceptors (Lipinski definition) is 6. The van der Waals surface area contributed by atoms with Crippen LogP contribution >= 0.6 is 0 Å². The SMILES string of the molecule is O=C(NS(=O)(=O)c1ccccc1)C(Cc1ccccc1)C(Cc1ccccc1)C(=O)NS(=O)(=O)c1ccccc1. The van der Waals surface area contributed by atoms with Crippen LogP contribution in [0.15, 0.2) is 131 Å². The maximum Gasteiger partial charge on any atom is 0.264 e. The summed E-state index contributed by atoms with van der Waals surface area (Å²) in [5.41, 5.74) is 1.35. The van der Waals surface area contributed by atoms with Gasteiger partial charge in [0.15, 0.2) is 0 Å². The van der Waals surface area contributed by atoms with Gasteiger partial charge in [-0.05, 0) is 48.2 Å². The van der Waals surface area contributed by atoms with E-state index in [4.69, 9.17) is 0 Å². The second kappa shape index (κ2) is 12.7. The maximum atomic E-state index is 13.7. The number of carbonyl (C=O) groups is 2. The van der Waals surface area contributed by atoms with E-state index >= 15 is 0 Å². The third kappa shape index (κ3) is 7.43. The zero-order chi connectivity index (χ0) is 28.6. The summed E-state index contributed by atoms with van der Waals surface area (Å²) in [4.78, 5) is 27.2. The molecule has 2 N–H and O–H groups in total. The number of sulfonamides is 2. The van der Waals surface area contributed by atoms with Crippen LogP contribution in [0.3, 0.4) is 0 Å². The van der Waals surface area contributed by atoms with Gasteiger partial charge in [0.05, 0.1) is 21.6 Å². The minimum absolute atomic E-state index is 0.00666. The maximum absolute atomic E-state index is 13.7. The third-order valence-corrected chi connectivity index (χ3v) is 9.06. The van der Waals surface area contributed by atoms with Crippen molar-refractivity contribution in [1.82, 2.24) is 9.44 Å². The van der Waals surface area contributed by atoms with E-state index in [0.29, 0.717) is 11.1 Å². The Bertz CT molecular complexity index is 1520. The molecule has 2 amide bonds. The van der Waals surface area contributed by atoms with E-state index in [1.165, 1.54) is 48.5 Å². The molecule has 0 radical (unpaired) electrons. The molecule has 0 bridgehead atoms. The molecule has 0 aliphatic rings. The first-order valence-electron chi connectivity index (χ1n) is 12.5. The smallest absolute Gasteiger partial charge is 0.264 e. The van der Waals surface area contributed by atoms with Gasteiger partial charge in [-0.25, -0.2) is 26.3 Å². The van der Waals surface area contributed by atoms with Gasteiger partial charge in [0.2, 0.25) is 11.8 Å². The normalized spacial score (nSPS) is 13.1. The lowest BCUT2D eigenvalue weighted by molar-refractivity contribution is -0.133. The van der Waals surface area contributed by atoms with Gasteiger partial charge in [0.25, 0.3) is 20.0 Å². The van der Waals surface area contributed by atoms with Crippen molar-refractivity contribution in [2.75, 3.05) is 0 Å². The average Bonchev–Trinajstić information content (AvgIpc) is 2.96. The fourth-order valence-electron chi connectivity index (χ4n) is 4.30. The summed E-state index contributed by atoms with van der Waals surface area (Å²) in [6.45, 7) is 0. The highest BCUT2D eigenvalue weighted by molar-refractivity contribution is 7.90. The Hall–Kier alpha value is -4.28. The molecule has 10 heteroatoms. The lowest BCUT2D eigenvalue weighted by Crippen LogP contribution is -2.46. The lowest BCUT2D eigenvalue weighted by Gasteiger charge is -2.26. The molecule has 0 saturated heterocycles. The van der Waals surface area contributed by atoms with Gasteiger partial charge in [-0.3, -0.25) is 9.59 Å². The fourth-order valence-corrected chi connectivity index (χ4v) is 6.40. The molecular weight excluding hydrogens is 548 g/mol. The van der Waals surface area contributed by atoms with Crippen molar-refractivity contribution in [1.29, 1.82) is 0 Å². The molecule has 0 aliphatic carbocycles. The molecule has 4 rings (SSSR count). The van der Waals surface area contributed by atoms with Gasteiger partial charge in [0, 0.05) is 0 Å². The molecule has 40 heavy (non-hydrogen) atoms. The van der Waals surface area contributed by atoms with Crippen LogP contribution in [0.4, 0.5) is 0 Å². The van der Waals surface area contributed by atoms with Crippen LogP contribution < -0.4 is 9.44 Å². The lowest BCUT2D eigenvalue weighted by atomic mass is 9.82. The van der Waals surface area contributed by atoms with E-state index < -0.39 is 43.7 Å². The Morgan fingerprint density at radius 1 is 0.475 bits per heavy atom. The third-order valence-electron chi connectivity index (χ3n) is 6.33. The molecule has 0 aliphatic heterocycles. The Balaban J connectivity index is 1.73. The molecule has 0 fully saturated rings. The summed E-state index contributed by atoms with van der Waals surface area (Å²) >= 11 is 0. The Labute approximate surface area is 234 Å². The number of benzene rings is 4. The molecule has 0 saturated carbocycles. The highest BCUT2D eigenvalue weighted by atomic mass is 32.2. The molecule has 206 valence electrons. The molecule has 2 unspecified atom stereocenters. The van der Waals surface area contributed by atoms with E-state index in [9.17, 15) is 26.4 Å². The van der Waals surface area contributed by atoms with Crippen molar-refractivity contribution in [2.24, 2.45) is 11.8 Å². The summed E-state index contributed by atoms with van der Waals surface area (Å²) in [5, 5.41) is 0. The van der Waals surface area contributed by atoms with Gasteiger partial charge >= 0.3 is 0 Å². The number of amides is 2. The topological polar surface area (TPSA) is 126 Å². The van der Waals surface area contributed by atoms with Crippen LogP contribution in [0.25, 0.3) is 0 Å². The summed E-state index contributed by atoms with van der Waals surface area (Å²) in [7, 11) is -8.51. The second-order valence-corrected chi connectivity index (χ2v) is 12.5. The van der Waals surface area contributed by atoms with Gasteiger partial charge < -0.3 is 0 Å². The summed E-state index contributed by atoms with van der Waals surface area (Å²) in [6.07, 6.45) is -0.0133. The monoisotopic (exact) mass is 576 g/mol. The number of hydrogen-bond donors (Lipinski definition) is 2. The second-order valence-electron chi connectivity index (χ2n) is 9.16. The zero-order valence-corrected chi connectivity index (χ0v) is 23.0. The zero-order valence-electron chi connectivity index (χ0n) is 21.4. The van der Waals surface area contributed by atoms with Crippen LogP contribution in [-0.4, -0.2) is 28.6 Å². The van der Waals surface area contributed by atoms with E-state index in [-0.39, 0.29) is 22.6 Å². The van der Waals surface area contributed by atoms with Crippen LogP contribution in [0, 0.1) is 11.8 Å². The van der Waals surface area contributed by atoms with Gasteiger partial charge in [-0.15, -0.1) is 0 Å². The molecule has 2 atom stereocenters. The summed E-state index contributed by atoms with van der Waals surface area (Å²) < 4.78 is 56.4. The van der Waals surface area contributed by atoms with E-state index in [1.54, 1.807) is 72.8 Å². The summed E-state index contributed by atoms with van der Waals surface area (Å²) in [6, 6.07) is 32.4. The predicted molar refractivity (Wildman–Crippen MR) is 151 cm³/mol. The van der Waals surface area contributed by atoms with Crippen molar-refractivity contribution >= 4 is 31.9 Å². The van der Waals surface area contributed by atoms with E-state index in [2.05, 4.69) is 9.44 Å². The van der Waals surface area contributed by atoms with Crippen LogP contribution in [0.5, 0.6) is 0 Å². The Morgan fingerprint density at radius 2 is 0.750 bits per heavy atom. The molecule has 4 aromatic carbocycles. The quantitative estimate of drug-likeness (QED) is 0.280. The molecule has 4 aromatic rings. The molecular formula is C30H28N2O6S2. The molecule has 0 spiro atoms. The number of rotatable bonds is 11. The highest BCUT2D eigenvalue weighted by Gasteiger charge is 2.37. The van der Waals surface area contributed by atoms with Crippen LogP contribution in [0.2, 0.25) is 0 Å². The highest BCUT2D eigenvalue weighted by Crippen LogP contribution is 2.25.